The summed E-state index contributed by atoms with van der Waals surface area (Å²) in [5.41, 5.74) is 0. The summed E-state index contributed by atoms with van der Waals surface area (Å²) in [5.74, 6) is 1.23. The highest BCUT2D eigenvalue weighted by Crippen LogP contribution is 2.23. The molecule has 0 aliphatic carbocycles. The second kappa shape index (κ2) is 5.68. The minimum Gasteiger partial charge on any atom is -0.292 e. The second-order valence-corrected chi connectivity index (χ2v) is 6.47. The highest BCUT2D eigenvalue weighted by atomic mass is 32.2. The molecule has 3 aromatic rings. The van der Waals surface area contributed by atoms with Crippen LogP contribution < -0.4 is 0 Å². The zero-order valence-electron chi connectivity index (χ0n) is 9.70. The number of thiophene rings is 2. The topological polar surface area (TPSA) is 58.6 Å². The van der Waals surface area contributed by atoms with Crippen LogP contribution in [0.15, 0.2) is 40.2 Å². The molecular formula is C12H9N3OS3. The van der Waals surface area contributed by atoms with Crippen molar-refractivity contribution in [1.82, 2.24) is 15.2 Å². The number of H-pyrrole nitrogens is 1. The summed E-state index contributed by atoms with van der Waals surface area (Å²) in [6.07, 6.45) is 0. The second-order valence-electron chi connectivity index (χ2n) is 3.63. The van der Waals surface area contributed by atoms with Crippen LogP contribution in [-0.4, -0.2) is 26.7 Å². The Kier molecular flexibility index (Phi) is 3.77. The first-order valence-corrected chi connectivity index (χ1v) is 8.23. The van der Waals surface area contributed by atoms with E-state index in [4.69, 9.17) is 0 Å². The molecule has 0 saturated carbocycles. The van der Waals surface area contributed by atoms with Crippen molar-refractivity contribution in [3.63, 3.8) is 0 Å². The van der Waals surface area contributed by atoms with Gasteiger partial charge >= 0.3 is 0 Å². The first-order valence-electron chi connectivity index (χ1n) is 5.49. The highest BCUT2D eigenvalue weighted by molar-refractivity contribution is 7.99. The predicted molar refractivity (Wildman–Crippen MR) is 79.1 cm³/mol. The zero-order valence-corrected chi connectivity index (χ0v) is 12.1. The Bertz CT molecular complexity index is 658. The molecule has 7 heteroatoms. The summed E-state index contributed by atoms with van der Waals surface area (Å²) in [6, 6.07) is 7.67. The number of rotatable bonds is 5. The predicted octanol–water partition coefficient (Wildman–Crippen LogP) is 3.57. The Morgan fingerprint density at radius 3 is 2.84 bits per heavy atom. The van der Waals surface area contributed by atoms with Gasteiger partial charge in [0.15, 0.2) is 11.6 Å². The molecule has 0 bridgehead atoms. The third-order valence-electron chi connectivity index (χ3n) is 2.35. The Morgan fingerprint density at radius 2 is 2.11 bits per heavy atom. The van der Waals surface area contributed by atoms with Crippen molar-refractivity contribution in [2.45, 2.75) is 5.16 Å². The van der Waals surface area contributed by atoms with Crippen molar-refractivity contribution in [2.24, 2.45) is 0 Å². The molecule has 0 spiro atoms. The van der Waals surface area contributed by atoms with Crippen LogP contribution in [0.25, 0.3) is 10.7 Å². The number of Topliss-reactive ketones (excluding diaryl/α,β-unsaturated/α-hetero) is 1. The maximum atomic E-state index is 11.8. The summed E-state index contributed by atoms with van der Waals surface area (Å²) in [4.78, 5) is 18.0. The molecule has 0 amide bonds. The summed E-state index contributed by atoms with van der Waals surface area (Å²) < 4.78 is 0. The van der Waals surface area contributed by atoms with Gasteiger partial charge in [0.05, 0.1) is 15.5 Å². The van der Waals surface area contributed by atoms with E-state index in [1.807, 2.05) is 35.0 Å². The summed E-state index contributed by atoms with van der Waals surface area (Å²) in [5, 5.41) is 11.5. The van der Waals surface area contributed by atoms with E-state index in [2.05, 4.69) is 15.2 Å². The summed E-state index contributed by atoms with van der Waals surface area (Å²) >= 11 is 4.42. The molecule has 19 heavy (non-hydrogen) atoms. The average Bonchev–Trinajstić information content (AvgIpc) is 3.14. The van der Waals surface area contributed by atoms with Gasteiger partial charge in [-0.25, -0.2) is 4.98 Å². The first kappa shape index (κ1) is 12.6. The van der Waals surface area contributed by atoms with E-state index in [-0.39, 0.29) is 5.78 Å². The van der Waals surface area contributed by atoms with Gasteiger partial charge in [-0.2, -0.15) is 0 Å². The molecule has 4 nitrogen and oxygen atoms in total. The molecule has 96 valence electrons. The number of thioether (sulfide) groups is 1. The SMILES string of the molecule is O=C(CSc1n[nH]c(-c2cccs2)n1)c1cccs1. The minimum absolute atomic E-state index is 0.113. The fourth-order valence-corrected chi connectivity index (χ4v) is 3.57. The number of ketones is 1. The van der Waals surface area contributed by atoms with E-state index in [1.54, 1.807) is 11.3 Å². The van der Waals surface area contributed by atoms with Gasteiger partial charge in [-0.1, -0.05) is 23.9 Å². The molecule has 3 rings (SSSR count). The number of nitrogens with zero attached hydrogens (tertiary/aromatic N) is 2. The Labute approximate surface area is 121 Å². The van der Waals surface area contributed by atoms with E-state index < -0.39 is 0 Å². The quantitative estimate of drug-likeness (QED) is 0.578. The first-order chi connectivity index (χ1) is 9.33. The van der Waals surface area contributed by atoms with Gasteiger partial charge in [-0.15, -0.1) is 27.8 Å². The largest absolute Gasteiger partial charge is 0.292 e. The summed E-state index contributed by atoms with van der Waals surface area (Å²) in [7, 11) is 0. The van der Waals surface area contributed by atoms with Crippen LogP contribution in [0.1, 0.15) is 9.67 Å². The molecule has 1 N–H and O–H groups in total. The van der Waals surface area contributed by atoms with Crippen LogP contribution in [0.5, 0.6) is 0 Å². The molecular weight excluding hydrogens is 298 g/mol. The van der Waals surface area contributed by atoms with Crippen LogP contribution in [0.3, 0.4) is 0 Å². The van der Waals surface area contributed by atoms with Gasteiger partial charge in [-0.05, 0) is 22.9 Å². The standard InChI is InChI=1S/C12H9N3OS3/c16-8(9-3-1-5-17-9)7-19-12-13-11(14-15-12)10-4-2-6-18-10/h1-6H,7H2,(H,13,14,15). The normalized spacial score (nSPS) is 10.7. The molecule has 0 fully saturated rings. The number of carbonyl (C=O) groups is 1. The Balaban J connectivity index is 1.63. The van der Waals surface area contributed by atoms with E-state index in [1.165, 1.54) is 23.1 Å². The number of carbonyl (C=O) groups excluding carboxylic acids is 1. The molecule has 0 aliphatic heterocycles. The maximum absolute atomic E-state index is 11.8. The van der Waals surface area contributed by atoms with Crippen LogP contribution in [-0.2, 0) is 0 Å². The lowest BCUT2D eigenvalue weighted by Gasteiger charge is -1.94. The van der Waals surface area contributed by atoms with Crippen LogP contribution in [0.4, 0.5) is 0 Å². The third-order valence-corrected chi connectivity index (χ3v) is 4.98. The number of nitrogens with one attached hydrogen (secondary N) is 1. The van der Waals surface area contributed by atoms with Crippen LogP contribution >= 0.6 is 34.4 Å². The fourth-order valence-electron chi connectivity index (χ4n) is 1.47. The Hall–Kier alpha value is -1.44. The van der Waals surface area contributed by atoms with E-state index >= 15 is 0 Å². The molecule has 0 atom stereocenters. The van der Waals surface area contributed by atoms with Crippen molar-refractivity contribution in [3.05, 3.63) is 39.9 Å². The minimum atomic E-state index is 0.113. The van der Waals surface area contributed by atoms with Gasteiger partial charge in [0, 0.05) is 0 Å². The molecule has 0 saturated heterocycles. The van der Waals surface area contributed by atoms with Crippen LogP contribution in [0, 0.1) is 0 Å². The number of aromatic nitrogens is 3. The smallest absolute Gasteiger partial charge is 0.209 e. The number of aromatic amines is 1. The average molecular weight is 307 g/mol. The molecule has 3 heterocycles. The van der Waals surface area contributed by atoms with Crippen molar-refractivity contribution >= 4 is 40.2 Å². The van der Waals surface area contributed by atoms with E-state index in [9.17, 15) is 4.79 Å². The number of hydrogen-bond acceptors (Lipinski definition) is 6. The van der Waals surface area contributed by atoms with Gasteiger partial charge < -0.3 is 0 Å². The lowest BCUT2D eigenvalue weighted by Crippen LogP contribution is -1.99. The van der Waals surface area contributed by atoms with Crippen molar-refractivity contribution in [2.75, 3.05) is 5.75 Å². The Morgan fingerprint density at radius 1 is 1.26 bits per heavy atom. The number of hydrogen-bond donors (Lipinski definition) is 1. The van der Waals surface area contributed by atoms with Crippen molar-refractivity contribution in [3.8, 4) is 10.7 Å². The van der Waals surface area contributed by atoms with Gasteiger partial charge in [0.25, 0.3) is 0 Å². The monoisotopic (exact) mass is 307 g/mol. The van der Waals surface area contributed by atoms with Gasteiger partial charge in [0.1, 0.15) is 0 Å². The van der Waals surface area contributed by atoms with Gasteiger partial charge in [0.2, 0.25) is 5.16 Å². The van der Waals surface area contributed by atoms with Crippen molar-refractivity contribution in [1.29, 1.82) is 0 Å². The zero-order chi connectivity index (χ0) is 13.1. The molecule has 0 aliphatic rings. The van der Waals surface area contributed by atoms with Crippen molar-refractivity contribution < 1.29 is 4.79 Å². The molecule has 0 radical (unpaired) electrons. The summed E-state index contributed by atoms with van der Waals surface area (Å²) in [6.45, 7) is 0. The third kappa shape index (κ3) is 2.94. The lowest BCUT2D eigenvalue weighted by atomic mass is 10.4. The van der Waals surface area contributed by atoms with Gasteiger partial charge in [-0.3, -0.25) is 9.89 Å². The molecule has 3 aromatic heterocycles. The van der Waals surface area contributed by atoms with E-state index in [0.29, 0.717) is 10.9 Å². The van der Waals surface area contributed by atoms with Crippen LogP contribution in [0.2, 0.25) is 0 Å². The highest BCUT2D eigenvalue weighted by Gasteiger charge is 2.11. The maximum Gasteiger partial charge on any atom is 0.209 e. The van der Waals surface area contributed by atoms with E-state index in [0.717, 1.165) is 15.6 Å². The lowest BCUT2D eigenvalue weighted by molar-refractivity contribution is 0.102. The fraction of sp³-hybridized carbons (Fsp3) is 0.0833. The molecule has 0 aromatic carbocycles. The molecule has 0 unspecified atom stereocenters.